The highest BCUT2D eigenvalue weighted by atomic mass is 32.2. The van der Waals surface area contributed by atoms with Gasteiger partial charge in [-0.2, -0.15) is 5.26 Å². The lowest BCUT2D eigenvalue weighted by atomic mass is 10.2. The van der Waals surface area contributed by atoms with E-state index in [1.807, 2.05) is 31.2 Å². The van der Waals surface area contributed by atoms with Crippen LogP contribution in [0.4, 0.5) is 5.69 Å². The molecule has 0 radical (unpaired) electrons. The number of carbonyl (C=O) groups excluding carboxylic acids is 1. The van der Waals surface area contributed by atoms with Gasteiger partial charge in [-0.3, -0.25) is 4.79 Å². The third-order valence-corrected chi connectivity index (χ3v) is 4.25. The number of thioether (sulfide) groups is 1. The molecule has 0 unspecified atom stereocenters. The van der Waals surface area contributed by atoms with E-state index in [1.54, 1.807) is 24.3 Å². The van der Waals surface area contributed by atoms with Crippen LogP contribution in [0.5, 0.6) is 5.75 Å². The first-order valence-corrected chi connectivity index (χ1v) is 8.72. The summed E-state index contributed by atoms with van der Waals surface area (Å²) < 4.78 is 5.47. The van der Waals surface area contributed by atoms with Crippen LogP contribution >= 0.6 is 11.8 Å². The monoisotopic (exact) mass is 352 g/mol. The Balaban J connectivity index is 1.59. The van der Waals surface area contributed by atoms with Gasteiger partial charge in [0.05, 0.1) is 35.0 Å². The minimum atomic E-state index is -0.134. The number of H-pyrrole nitrogens is 1. The second-order valence-corrected chi connectivity index (χ2v) is 6.14. The highest BCUT2D eigenvalue weighted by molar-refractivity contribution is 7.99. The van der Waals surface area contributed by atoms with Gasteiger partial charge in [-0.25, -0.2) is 4.98 Å². The molecule has 1 heterocycles. The van der Waals surface area contributed by atoms with E-state index in [0.717, 1.165) is 16.8 Å². The number of hydrogen-bond donors (Lipinski definition) is 2. The van der Waals surface area contributed by atoms with Crippen molar-refractivity contribution in [1.82, 2.24) is 9.97 Å². The first kappa shape index (κ1) is 16.9. The van der Waals surface area contributed by atoms with Crippen molar-refractivity contribution in [1.29, 1.82) is 5.26 Å². The lowest BCUT2D eigenvalue weighted by molar-refractivity contribution is -0.113. The molecule has 0 fully saturated rings. The molecular weight excluding hydrogens is 336 g/mol. The predicted octanol–water partition coefficient (Wildman–Crippen LogP) is 3.56. The number of nitrogens with one attached hydrogen (secondary N) is 2. The van der Waals surface area contributed by atoms with Crippen LogP contribution in [0.25, 0.3) is 11.0 Å². The predicted molar refractivity (Wildman–Crippen MR) is 97.8 cm³/mol. The normalized spacial score (nSPS) is 10.4. The number of nitriles is 1. The second-order valence-electron chi connectivity index (χ2n) is 5.18. The smallest absolute Gasteiger partial charge is 0.234 e. The highest BCUT2D eigenvalue weighted by Gasteiger charge is 2.08. The van der Waals surface area contributed by atoms with Crippen LogP contribution < -0.4 is 10.1 Å². The van der Waals surface area contributed by atoms with Crippen molar-refractivity contribution >= 4 is 34.4 Å². The molecule has 0 aliphatic heterocycles. The average Bonchev–Trinajstić information content (AvgIpc) is 3.03. The summed E-state index contributed by atoms with van der Waals surface area (Å²) in [5.41, 5.74) is 2.93. The number of ether oxygens (including phenoxy) is 1. The molecule has 2 N–H and O–H groups in total. The van der Waals surface area contributed by atoms with Crippen molar-refractivity contribution in [2.24, 2.45) is 0 Å². The van der Waals surface area contributed by atoms with E-state index in [-0.39, 0.29) is 11.7 Å². The molecule has 3 rings (SSSR count). The fourth-order valence-corrected chi connectivity index (χ4v) is 2.93. The van der Waals surface area contributed by atoms with Crippen LogP contribution in [0.1, 0.15) is 12.5 Å². The van der Waals surface area contributed by atoms with Crippen LogP contribution in [-0.2, 0) is 4.79 Å². The molecule has 3 aromatic rings. The van der Waals surface area contributed by atoms with Crippen molar-refractivity contribution in [2.75, 3.05) is 17.7 Å². The number of hydrogen-bond acceptors (Lipinski definition) is 5. The number of aromatic amines is 1. The fraction of sp³-hybridized carbons (Fsp3) is 0.167. The van der Waals surface area contributed by atoms with E-state index >= 15 is 0 Å². The topological polar surface area (TPSA) is 90.8 Å². The SMILES string of the molecule is CCOc1ccc2nc(SCC(=O)Nc3ccc(C#N)cc3)[nH]c2c1. The van der Waals surface area contributed by atoms with Crippen molar-refractivity contribution in [3.8, 4) is 11.8 Å². The zero-order valence-corrected chi connectivity index (χ0v) is 14.4. The largest absolute Gasteiger partial charge is 0.494 e. The number of carbonyl (C=O) groups is 1. The van der Waals surface area contributed by atoms with Crippen LogP contribution in [-0.4, -0.2) is 28.2 Å². The molecule has 1 aromatic heterocycles. The average molecular weight is 352 g/mol. The molecule has 0 atom stereocenters. The molecule has 2 aromatic carbocycles. The van der Waals surface area contributed by atoms with Gasteiger partial charge in [0.2, 0.25) is 5.91 Å². The molecule has 0 bridgehead atoms. The summed E-state index contributed by atoms with van der Waals surface area (Å²) in [6.45, 7) is 2.54. The van der Waals surface area contributed by atoms with Crippen LogP contribution in [0.15, 0.2) is 47.6 Å². The summed E-state index contributed by atoms with van der Waals surface area (Å²) in [6, 6.07) is 14.4. The van der Waals surface area contributed by atoms with E-state index in [1.165, 1.54) is 11.8 Å². The first-order valence-electron chi connectivity index (χ1n) is 7.73. The molecular formula is C18H16N4O2S. The minimum Gasteiger partial charge on any atom is -0.494 e. The first-order chi connectivity index (χ1) is 12.2. The van der Waals surface area contributed by atoms with Gasteiger partial charge in [0.1, 0.15) is 5.75 Å². The quantitative estimate of drug-likeness (QED) is 0.662. The van der Waals surface area contributed by atoms with Gasteiger partial charge in [0.25, 0.3) is 0 Å². The fourth-order valence-electron chi connectivity index (χ4n) is 2.25. The zero-order chi connectivity index (χ0) is 17.6. The standard InChI is InChI=1S/C18H16N4O2S/c1-2-24-14-7-8-15-16(9-14)22-18(21-15)25-11-17(23)20-13-5-3-12(10-19)4-6-13/h3-9H,2,11H2,1H3,(H,20,23)(H,21,22). The number of amides is 1. The Morgan fingerprint density at radius 1 is 1.32 bits per heavy atom. The lowest BCUT2D eigenvalue weighted by Gasteiger charge is -2.03. The number of nitrogens with zero attached hydrogens (tertiary/aromatic N) is 2. The van der Waals surface area contributed by atoms with Crippen LogP contribution in [0.2, 0.25) is 0 Å². The molecule has 0 spiro atoms. The molecule has 126 valence electrons. The van der Waals surface area contributed by atoms with Crippen LogP contribution in [0, 0.1) is 11.3 Å². The van der Waals surface area contributed by atoms with E-state index in [2.05, 4.69) is 15.3 Å². The maximum atomic E-state index is 12.0. The third kappa shape index (κ3) is 4.31. The Kier molecular flexibility index (Phi) is 5.21. The van der Waals surface area contributed by atoms with E-state index in [4.69, 9.17) is 10.00 Å². The Morgan fingerprint density at radius 3 is 2.84 bits per heavy atom. The number of benzene rings is 2. The number of rotatable bonds is 6. The van der Waals surface area contributed by atoms with Crippen LogP contribution in [0.3, 0.4) is 0 Å². The maximum Gasteiger partial charge on any atom is 0.234 e. The van der Waals surface area contributed by atoms with Crippen molar-refractivity contribution < 1.29 is 9.53 Å². The van der Waals surface area contributed by atoms with Gasteiger partial charge in [-0.1, -0.05) is 11.8 Å². The zero-order valence-electron chi connectivity index (χ0n) is 13.6. The van der Waals surface area contributed by atoms with E-state index in [9.17, 15) is 4.79 Å². The molecule has 7 heteroatoms. The maximum absolute atomic E-state index is 12.0. The lowest BCUT2D eigenvalue weighted by Crippen LogP contribution is -2.14. The summed E-state index contributed by atoms with van der Waals surface area (Å²) in [7, 11) is 0. The Hall–Kier alpha value is -2.98. The van der Waals surface area contributed by atoms with Crippen molar-refractivity contribution in [2.45, 2.75) is 12.1 Å². The molecule has 25 heavy (non-hydrogen) atoms. The Morgan fingerprint density at radius 2 is 2.12 bits per heavy atom. The second kappa shape index (κ2) is 7.73. The number of imidazole rings is 1. The summed E-state index contributed by atoms with van der Waals surface area (Å²) in [5, 5.41) is 12.2. The summed E-state index contributed by atoms with van der Waals surface area (Å²) in [6.07, 6.45) is 0. The molecule has 1 amide bonds. The Labute approximate surface area is 149 Å². The summed E-state index contributed by atoms with van der Waals surface area (Å²) >= 11 is 1.33. The van der Waals surface area contributed by atoms with Gasteiger partial charge in [0.15, 0.2) is 5.16 Å². The van der Waals surface area contributed by atoms with Gasteiger partial charge in [0, 0.05) is 11.8 Å². The molecule has 0 saturated heterocycles. The summed E-state index contributed by atoms with van der Waals surface area (Å²) in [5.74, 6) is 0.886. The van der Waals surface area contributed by atoms with Gasteiger partial charge in [-0.15, -0.1) is 0 Å². The minimum absolute atomic E-state index is 0.134. The molecule has 0 saturated carbocycles. The van der Waals surface area contributed by atoms with Gasteiger partial charge in [-0.05, 0) is 43.3 Å². The molecule has 6 nitrogen and oxygen atoms in total. The number of anilines is 1. The third-order valence-electron chi connectivity index (χ3n) is 3.38. The molecule has 0 aliphatic carbocycles. The van der Waals surface area contributed by atoms with Gasteiger partial charge < -0.3 is 15.0 Å². The van der Waals surface area contributed by atoms with E-state index < -0.39 is 0 Å². The van der Waals surface area contributed by atoms with Gasteiger partial charge >= 0.3 is 0 Å². The molecule has 0 aliphatic rings. The highest BCUT2D eigenvalue weighted by Crippen LogP contribution is 2.23. The summed E-state index contributed by atoms with van der Waals surface area (Å²) in [4.78, 5) is 19.7. The number of aromatic nitrogens is 2. The van der Waals surface area contributed by atoms with E-state index in [0.29, 0.717) is 23.0 Å². The van der Waals surface area contributed by atoms with Crippen molar-refractivity contribution in [3.63, 3.8) is 0 Å². The van der Waals surface area contributed by atoms with Crippen molar-refractivity contribution in [3.05, 3.63) is 48.0 Å². The number of fused-ring (bicyclic) bond motifs is 1. The Bertz CT molecular complexity index is 928.